The summed E-state index contributed by atoms with van der Waals surface area (Å²) in [5.41, 5.74) is -0.563. The average molecular weight is 286 g/mol. The smallest absolute Gasteiger partial charge is 0.307 e. The van der Waals surface area contributed by atoms with Crippen LogP contribution in [0.2, 0.25) is 0 Å². The predicted molar refractivity (Wildman–Crippen MR) is 79.5 cm³/mol. The quantitative estimate of drug-likeness (QED) is 0.513. The molecule has 0 spiro atoms. The lowest BCUT2D eigenvalue weighted by atomic mass is 9.90. The third kappa shape index (κ3) is 9.82. The minimum atomic E-state index is -0.904. The van der Waals surface area contributed by atoms with E-state index >= 15 is 0 Å². The molecule has 0 aromatic heterocycles. The standard InChI is InChI=1S/C16H30O4/c1-6-7-8-9-12(2)10-13(15(18)19)11-14(17)20-16(3,4)5/h12-13H,6-11H2,1-5H3,(H,18,19). The van der Waals surface area contributed by atoms with Crippen LogP contribution in [0.4, 0.5) is 0 Å². The molecule has 2 unspecified atom stereocenters. The molecule has 0 heterocycles. The van der Waals surface area contributed by atoms with Gasteiger partial charge in [-0.05, 0) is 33.1 Å². The Bertz CT molecular complexity index is 304. The van der Waals surface area contributed by atoms with Crippen LogP contribution in [0.3, 0.4) is 0 Å². The first-order valence-electron chi connectivity index (χ1n) is 7.60. The maximum Gasteiger partial charge on any atom is 0.307 e. The number of carbonyl (C=O) groups excluding carboxylic acids is 1. The van der Waals surface area contributed by atoms with Crippen molar-refractivity contribution in [1.82, 2.24) is 0 Å². The number of hydrogen-bond donors (Lipinski definition) is 1. The van der Waals surface area contributed by atoms with E-state index in [2.05, 4.69) is 13.8 Å². The Labute approximate surface area is 122 Å². The van der Waals surface area contributed by atoms with Crippen LogP contribution < -0.4 is 0 Å². The number of carbonyl (C=O) groups is 2. The van der Waals surface area contributed by atoms with E-state index in [1.165, 1.54) is 6.42 Å². The molecule has 4 nitrogen and oxygen atoms in total. The summed E-state index contributed by atoms with van der Waals surface area (Å²) >= 11 is 0. The molecule has 0 fully saturated rings. The van der Waals surface area contributed by atoms with Crippen LogP contribution in [0.25, 0.3) is 0 Å². The van der Waals surface area contributed by atoms with Crippen molar-refractivity contribution >= 4 is 11.9 Å². The molecule has 0 bridgehead atoms. The number of unbranched alkanes of at least 4 members (excludes halogenated alkanes) is 2. The summed E-state index contributed by atoms with van der Waals surface area (Å²) in [4.78, 5) is 23.0. The Morgan fingerprint density at radius 2 is 1.80 bits per heavy atom. The highest BCUT2D eigenvalue weighted by Crippen LogP contribution is 2.22. The summed E-state index contributed by atoms with van der Waals surface area (Å²) in [6.45, 7) is 9.56. The topological polar surface area (TPSA) is 63.6 Å². The van der Waals surface area contributed by atoms with Gasteiger partial charge in [0.2, 0.25) is 0 Å². The van der Waals surface area contributed by atoms with Crippen LogP contribution in [0.15, 0.2) is 0 Å². The predicted octanol–water partition coefficient (Wildman–Crippen LogP) is 4.03. The maximum absolute atomic E-state index is 11.7. The molecule has 118 valence electrons. The highest BCUT2D eigenvalue weighted by atomic mass is 16.6. The lowest BCUT2D eigenvalue weighted by Crippen LogP contribution is -2.28. The van der Waals surface area contributed by atoms with Crippen molar-refractivity contribution < 1.29 is 19.4 Å². The Morgan fingerprint density at radius 3 is 2.25 bits per heavy atom. The average Bonchev–Trinajstić information content (AvgIpc) is 2.25. The van der Waals surface area contributed by atoms with Crippen LogP contribution in [-0.4, -0.2) is 22.6 Å². The molecular formula is C16H30O4. The number of carboxylic acid groups (broad SMARTS) is 1. The molecule has 0 aliphatic carbocycles. The van der Waals surface area contributed by atoms with Gasteiger partial charge in [0.15, 0.2) is 0 Å². The van der Waals surface area contributed by atoms with Gasteiger partial charge in [-0.15, -0.1) is 0 Å². The van der Waals surface area contributed by atoms with Gasteiger partial charge in [0.05, 0.1) is 12.3 Å². The SMILES string of the molecule is CCCCCC(C)CC(CC(=O)OC(C)(C)C)C(=O)O. The van der Waals surface area contributed by atoms with Gasteiger partial charge < -0.3 is 9.84 Å². The van der Waals surface area contributed by atoms with Gasteiger partial charge in [-0.25, -0.2) is 0 Å². The lowest BCUT2D eigenvalue weighted by molar-refractivity contribution is -0.160. The number of rotatable bonds is 9. The molecule has 1 N–H and O–H groups in total. The molecule has 20 heavy (non-hydrogen) atoms. The summed E-state index contributed by atoms with van der Waals surface area (Å²) in [5.74, 6) is -1.64. The fourth-order valence-electron chi connectivity index (χ4n) is 2.20. The van der Waals surface area contributed by atoms with Gasteiger partial charge in [-0.1, -0.05) is 39.5 Å². The molecule has 4 heteroatoms. The van der Waals surface area contributed by atoms with Crippen molar-refractivity contribution in [1.29, 1.82) is 0 Å². The third-order valence-corrected chi connectivity index (χ3v) is 3.17. The van der Waals surface area contributed by atoms with Crippen molar-refractivity contribution in [3.63, 3.8) is 0 Å². The Balaban J connectivity index is 4.29. The molecule has 0 aromatic rings. The Morgan fingerprint density at radius 1 is 1.20 bits per heavy atom. The van der Waals surface area contributed by atoms with E-state index in [1.54, 1.807) is 20.8 Å². The molecule has 0 aliphatic rings. The van der Waals surface area contributed by atoms with Crippen molar-refractivity contribution in [2.45, 2.75) is 78.7 Å². The van der Waals surface area contributed by atoms with E-state index in [0.717, 1.165) is 19.3 Å². The van der Waals surface area contributed by atoms with Crippen molar-refractivity contribution in [2.75, 3.05) is 0 Å². The molecule has 0 saturated carbocycles. The highest BCUT2D eigenvalue weighted by Gasteiger charge is 2.26. The fraction of sp³-hybridized carbons (Fsp3) is 0.875. The minimum Gasteiger partial charge on any atom is -0.481 e. The molecular weight excluding hydrogens is 256 g/mol. The maximum atomic E-state index is 11.7. The van der Waals surface area contributed by atoms with Gasteiger partial charge in [0.25, 0.3) is 0 Å². The van der Waals surface area contributed by atoms with Crippen LogP contribution >= 0.6 is 0 Å². The second kappa shape index (κ2) is 8.98. The van der Waals surface area contributed by atoms with Gasteiger partial charge in [-0.3, -0.25) is 9.59 Å². The van der Waals surface area contributed by atoms with E-state index in [0.29, 0.717) is 12.3 Å². The number of carboxylic acids is 1. The second-order valence-electron chi connectivity index (χ2n) is 6.66. The van der Waals surface area contributed by atoms with Crippen molar-refractivity contribution in [3.05, 3.63) is 0 Å². The van der Waals surface area contributed by atoms with E-state index in [4.69, 9.17) is 4.74 Å². The zero-order chi connectivity index (χ0) is 15.8. The minimum absolute atomic E-state index is 0.0370. The number of esters is 1. The van der Waals surface area contributed by atoms with Gasteiger partial charge >= 0.3 is 11.9 Å². The number of ether oxygens (including phenoxy) is 1. The molecule has 0 rings (SSSR count). The molecule has 0 radical (unpaired) electrons. The molecule has 0 aromatic carbocycles. The van der Waals surface area contributed by atoms with E-state index in [9.17, 15) is 14.7 Å². The highest BCUT2D eigenvalue weighted by molar-refractivity contribution is 5.78. The summed E-state index contributed by atoms with van der Waals surface area (Å²) < 4.78 is 5.20. The first kappa shape index (κ1) is 18.9. The Kier molecular flexibility index (Phi) is 8.51. The second-order valence-corrected chi connectivity index (χ2v) is 6.66. The number of aliphatic carboxylic acids is 1. The van der Waals surface area contributed by atoms with Crippen LogP contribution in [-0.2, 0) is 14.3 Å². The zero-order valence-electron chi connectivity index (χ0n) is 13.6. The zero-order valence-corrected chi connectivity index (χ0v) is 13.6. The summed E-state index contributed by atoms with van der Waals surface area (Å²) in [7, 11) is 0. The monoisotopic (exact) mass is 286 g/mol. The normalized spacial score (nSPS) is 14.7. The van der Waals surface area contributed by atoms with E-state index in [1.807, 2.05) is 0 Å². The number of hydrogen-bond acceptors (Lipinski definition) is 3. The van der Waals surface area contributed by atoms with Gasteiger partial charge in [-0.2, -0.15) is 0 Å². The molecule has 0 amide bonds. The molecule has 2 atom stereocenters. The summed E-state index contributed by atoms with van der Waals surface area (Å²) in [5, 5.41) is 9.23. The van der Waals surface area contributed by atoms with Gasteiger partial charge in [0.1, 0.15) is 5.60 Å². The van der Waals surface area contributed by atoms with Crippen LogP contribution in [0.5, 0.6) is 0 Å². The summed E-state index contributed by atoms with van der Waals surface area (Å²) in [6.07, 6.45) is 4.98. The van der Waals surface area contributed by atoms with Crippen LogP contribution in [0.1, 0.15) is 73.1 Å². The first-order chi connectivity index (χ1) is 9.15. The first-order valence-corrected chi connectivity index (χ1v) is 7.60. The Hall–Kier alpha value is -1.06. The third-order valence-electron chi connectivity index (χ3n) is 3.17. The van der Waals surface area contributed by atoms with Crippen molar-refractivity contribution in [2.24, 2.45) is 11.8 Å². The fourth-order valence-corrected chi connectivity index (χ4v) is 2.20. The van der Waals surface area contributed by atoms with Gasteiger partial charge in [0, 0.05) is 0 Å². The molecule has 0 saturated heterocycles. The van der Waals surface area contributed by atoms with Crippen molar-refractivity contribution in [3.8, 4) is 0 Å². The van der Waals surface area contributed by atoms with Crippen LogP contribution in [0, 0.1) is 11.8 Å². The van der Waals surface area contributed by atoms with E-state index < -0.39 is 23.5 Å². The van der Waals surface area contributed by atoms with E-state index in [-0.39, 0.29) is 6.42 Å². The molecule has 0 aliphatic heterocycles. The summed E-state index contributed by atoms with van der Waals surface area (Å²) in [6, 6.07) is 0. The largest absolute Gasteiger partial charge is 0.481 e. The lowest BCUT2D eigenvalue weighted by Gasteiger charge is -2.22.